The Bertz CT molecular complexity index is 1200. The number of halogens is 3. The van der Waals surface area contributed by atoms with Crippen LogP contribution in [-0.4, -0.2) is 21.7 Å². The number of H-pyrrole nitrogens is 1. The fraction of sp³-hybridized carbons (Fsp3) is 0.100. The molecule has 0 spiro atoms. The van der Waals surface area contributed by atoms with Gasteiger partial charge < -0.3 is 24.5 Å². The Morgan fingerprint density at radius 1 is 1.03 bits per heavy atom. The maximum atomic E-state index is 12.9. The van der Waals surface area contributed by atoms with Crippen molar-refractivity contribution in [1.82, 2.24) is 15.0 Å². The maximum Gasteiger partial charge on any atom is 0.416 e. The molecule has 0 atom stereocenters. The van der Waals surface area contributed by atoms with Gasteiger partial charge in [-0.25, -0.2) is 9.97 Å². The second kappa shape index (κ2) is 6.83. The number of alkyl halides is 3. The highest BCUT2D eigenvalue weighted by molar-refractivity contribution is 5.82. The molecule has 5 rings (SSSR count). The molecule has 0 saturated heterocycles. The van der Waals surface area contributed by atoms with Crippen molar-refractivity contribution in [3.63, 3.8) is 0 Å². The van der Waals surface area contributed by atoms with Crippen LogP contribution in [0.4, 0.5) is 24.8 Å². The average Bonchev–Trinajstić information content (AvgIpc) is 3.32. The van der Waals surface area contributed by atoms with Crippen LogP contribution >= 0.6 is 0 Å². The lowest BCUT2D eigenvalue weighted by molar-refractivity contribution is -0.137. The van der Waals surface area contributed by atoms with Gasteiger partial charge in [-0.1, -0.05) is 6.07 Å². The molecule has 0 unspecified atom stereocenters. The molecule has 0 amide bonds. The Kier molecular flexibility index (Phi) is 4.12. The SMILES string of the molecule is FC(F)(F)c1cccc(Oc2ncccc2Nc2nc3cc4c(cc3[nH]2)OCO4)c1. The predicted molar refractivity (Wildman–Crippen MR) is 101 cm³/mol. The van der Waals surface area contributed by atoms with Crippen molar-refractivity contribution in [3.8, 4) is 23.1 Å². The van der Waals surface area contributed by atoms with Gasteiger partial charge in [0.1, 0.15) is 11.4 Å². The largest absolute Gasteiger partial charge is 0.454 e. The third-order valence-electron chi connectivity index (χ3n) is 4.38. The summed E-state index contributed by atoms with van der Waals surface area (Å²) in [4.78, 5) is 11.7. The van der Waals surface area contributed by atoms with Crippen molar-refractivity contribution in [2.24, 2.45) is 0 Å². The number of pyridine rings is 1. The van der Waals surface area contributed by atoms with Crippen LogP contribution in [0.2, 0.25) is 0 Å². The van der Waals surface area contributed by atoms with Crippen molar-refractivity contribution in [2.45, 2.75) is 6.18 Å². The Labute approximate surface area is 167 Å². The molecule has 0 fully saturated rings. The number of ether oxygens (including phenoxy) is 3. The van der Waals surface area contributed by atoms with Gasteiger partial charge in [-0.3, -0.25) is 0 Å². The summed E-state index contributed by atoms with van der Waals surface area (Å²) in [5, 5.41) is 3.04. The van der Waals surface area contributed by atoms with E-state index in [1.807, 2.05) is 0 Å². The first-order valence-corrected chi connectivity index (χ1v) is 8.82. The summed E-state index contributed by atoms with van der Waals surface area (Å²) in [7, 11) is 0. The number of aromatic nitrogens is 3. The van der Waals surface area contributed by atoms with Crippen LogP contribution in [0.5, 0.6) is 23.1 Å². The molecule has 0 radical (unpaired) electrons. The highest BCUT2D eigenvalue weighted by Crippen LogP contribution is 2.37. The first-order chi connectivity index (χ1) is 14.5. The van der Waals surface area contributed by atoms with Crippen LogP contribution in [0.1, 0.15) is 5.56 Å². The van der Waals surface area contributed by atoms with Crippen LogP contribution in [0.25, 0.3) is 11.0 Å². The fourth-order valence-electron chi connectivity index (χ4n) is 3.00. The molecule has 4 aromatic rings. The Hall–Kier alpha value is -3.95. The number of anilines is 2. The van der Waals surface area contributed by atoms with Crippen LogP contribution in [0, 0.1) is 0 Å². The van der Waals surface area contributed by atoms with Gasteiger partial charge >= 0.3 is 6.18 Å². The molecule has 152 valence electrons. The second-order valence-electron chi connectivity index (χ2n) is 6.42. The molecule has 0 saturated carbocycles. The fourth-order valence-corrected chi connectivity index (χ4v) is 3.00. The quantitative estimate of drug-likeness (QED) is 0.475. The van der Waals surface area contributed by atoms with Gasteiger partial charge in [0, 0.05) is 18.3 Å². The molecule has 1 aliphatic heterocycles. The molecule has 2 aromatic heterocycles. The first-order valence-electron chi connectivity index (χ1n) is 8.82. The number of hydrogen-bond acceptors (Lipinski definition) is 6. The zero-order valence-electron chi connectivity index (χ0n) is 15.2. The molecular weight excluding hydrogens is 401 g/mol. The van der Waals surface area contributed by atoms with E-state index in [1.165, 1.54) is 18.3 Å². The molecule has 10 heteroatoms. The van der Waals surface area contributed by atoms with Crippen LogP contribution in [0.3, 0.4) is 0 Å². The van der Waals surface area contributed by atoms with E-state index in [4.69, 9.17) is 14.2 Å². The number of nitrogens with one attached hydrogen (secondary N) is 2. The Morgan fingerprint density at radius 3 is 2.70 bits per heavy atom. The lowest BCUT2D eigenvalue weighted by Gasteiger charge is -2.12. The van der Waals surface area contributed by atoms with E-state index < -0.39 is 11.7 Å². The van der Waals surface area contributed by atoms with Gasteiger partial charge in [0.25, 0.3) is 0 Å². The number of nitrogens with zero attached hydrogens (tertiary/aromatic N) is 2. The van der Waals surface area contributed by atoms with E-state index in [-0.39, 0.29) is 18.4 Å². The van der Waals surface area contributed by atoms with E-state index in [1.54, 1.807) is 24.3 Å². The molecule has 7 nitrogen and oxygen atoms in total. The summed E-state index contributed by atoms with van der Waals surface area (Å²) >= 11 is 0. The number of imidazole rings is 1. The molecular formula is C20H13F3N4O3. The van der Waals surface area contributed by atoms with Gasteiger partial charge in [0.15, 0.2) is 11.5 Å². The highest BCUT2D eigenvalue weighted by Gasteiger charge is 2.30. The third kappa shape index (κ3) is 3.43. The lowest BCUT2D eigenvalue weighted by atomic mass is 10.2. The van der Waals surface area contributed by atoms with Gasteiger partial charge in [-0.2, -0.15) is 13.2 Å². The molecule has 3 heterocycles. The van der Waals surface area contributed by atoms with E-state index in [0.29, 0.717) is 28.7 Å². The second-order valence-corrected chi connectivity index (χ2v) is 6.42. The predicted octanol–water partition coefficient (Wildman–Crippen LogP) is 5.24. The molecule has 0 aliphatic carbocycles. The molecule has 0 bridgehead atoms. The zero-order valence-corrected chi connectivity index (χ0v) is 15.2. The van der Waals surface area contributed by atoms with Crippen LogP contribution in [-0.2, 0) is 6.18 Å². The van der Waals surface area contributed by atoms with Crippen molar-refractivity contribution in [2.75, 3.05) is 12.1 Å². The van der Waals surface area contributed by atoms with E-state index in [9.17, 15) is 13.2 Å². The highest BCUT2D eigenvalue weighted by atomic mass is 19.4. The Balaban J connectivity index is 1.42. The number of hydrogen-bond donors (Lipinski definition) is 2. The first kappa shape index (κ1) is 18.1. The number of rotatable bonds is 4. The van der Waals surface area contributed by atoms with Gasteiger partial charge in [-0.15, -0.1) is 0 Å². The number of benzene rings is 2. The van der Waals surface area contributed by atoms with E-state index in [0.717, 1.165) is 17.6 Å². The van der Waals surface area contributed by atoms with Crippen molar-refractivity contribution in [3.05, 3.63) is 60.3 Å². The minimum absolute atomic E-state index is 0.0157. The van der Waals surface area contributed by atoms with Crippen molar-refractivity contribution < 1.29 is 27.4 Å². The molecule has 2 aromatic carbocycles. The number of fused-ring (bicyclic) bond motifs is 2. The van der Waals surface area contributed by atoms with E-state index in [2.05, 4.69) is 20.3 Å². The van der Waals surface area contributed by atoms with E-state index >= 15 is 0 Å². The van der Waals surface area contributed by atoms with Gasteiger partial charge in [-0.05, 0) is 30.3 Å². The summed E-state index contributed by atoms with van der Waals surface area (Å²) in [5.41, 5.74) is 1.01. The summed E-state index contributed by atoms with van der Waals surface area (Å²) < 4.78 is 55.1. The normalized spacial score (nSPS) is 12.9. The van der Waals surface area contributed by atoms with Crippen molar-refractivity contribution in [1.29, 1.82) is 0 Å². The summed E-state index contributed by atoms with van der Waals surface area (Å²) in [5.74, 6) is 1.74. The smallest absolute Gasteiger partial charge is 0.416 e. The van der Waals surface area contributed by atoms with Gasteiger partial charge in [0.2, 0.25) is 18.6 Å². The molecule has 2 N–H and O–H groups in total. The van der Waals surface area contributed by atoms with Gasteiger partial charge in [0.05, 0.1) is 16.6 Å². The monoisotopic (exact) mass is 414 g/mol. The average molecular weight is 414 g/mol. The van der Waals surface area contributed by atoms with Crippen LogP contribution in [0.15, 0.2) is 54.7 Å². The Morgan fingerprint density at radius 2 is 1.87 bits per heavy atom. The lowest BCUT2D eigenvalue weighted by Crippen LogP contribution is -2.04. The topological polar surface area (TPSA) is 81.3 Å². The summed E-state index contributed by atoms with van der Waals surface area (Å²) in [6, 6.07) is 11.5. The summed E-state index contributed by atoms with van der Waals surface area (Å²) in [6.45, 7) is 0.166. The minimum atomic E-state index is -4.47. The maximum absolute atomic E-state index is 12.9. The van der Waals surface area contributed by atoms with Crippen molar-refractivity contribution >= 4 is 22.7 Å². The molecule has 30 heavy (non-hydrogen) atoms. The summed E-state index contributed by atoms with van der Waals surface area (Å²) in [6.07, 6.45) is -2.99. The van der Waals surface area contributed by atoms with Crippen LogP contribution < -0.4 is 19.5 Å². The number of aromatic amines is 1. The standard InChI is InChI=1S/C20H13F3N4O3/c21-20(22,23)11-3-1-4-12(7-11)30-18-13(5-2-6-24-18)25-19-26-14-8-16-17(29-10-28-16)9-15(14)27-19/h1-9H,10H2,(H2,25,26,27). The minimum Gasteiger partial charge on any atom is -0.454 e. The molecule has 1 aliphatic rings. The zero-order chi connectivity index (χ0) is 20.7. The third-order valence-corrected chi connectivity index (χ3v) is 4.38.